The van der Waals surface area contributed by atoms with Crippen LogP contribution < -0.4 is 0 Å². The minimum Gasteiger partial charge on any atom is -0.466 e. The number of allylic oxidation sites excluding steroid dienone is 2. The van der Waals surface area contributed by atoms with Crippen LogP contribution in [0.2, 0.25) is 0 Å². The Labute approximate surface area is 98.9 Å². The minimum atomic E-state index is -0.276. The van der Waals surface area contributed by atoms with Gasteiger partial charge in [-0.15, -0.1) is 11.8 Å². The lowest BCUT2D eigenvalue weighted by atomic mass is 9.88. The number of ether oxygens (including phenoxy) is 1. The summed E-state index contributed by atoms with van der Waals surface area (Å²) >= 11 is 1.63. The first kappa shape index (κ1) is 11.5. The number of hydrogen-bond acceptors (Lipinski definition) is 4. The first-order chi connectivity index (χ1) is 7.63. The van der Waals surface area contributed by atoms with Gasteiger partial charge in [0.25, 0.3) is 0 Å². The van der Waals surface area contributed by atoms with E-state index in [2.05, 4.69) is 6.92 Å². The number of Topliss-reactive ketones (excluding diaryl/α,β-unsaturated/α-hetero) is 1. The predicted octanol–water partition coefficient (Wildman–Crippen LogP) is 1.88. The molecule has 16 heavy (non-hydrogen) atoms. The number of carbonyl (C=O) groups is 2. The van der Waals surface area contributed by atoms with Crippen molar-refractivity contribution in [2.45, 2.75) is 25.0 Å². The maximum absolute atomic E-state index is 11.7. The number of carbonyl (C=O) groups excluding carboxylic acids is 2. The summed E-state index contributed by atoms with van der Waals surface area (Å²) < 4.78 is 4.71. The van der Waals surface area contributed by atoms with Gasteiger partial charge in [0, 0.05) is 16.4 Å². The lowest BCUT2D eigenvalue weighted by molar-refractivity contribution is -0.136. The van der Waals surface area contributed by atoms with Gasteiger partial charge < -0.3 is 4.74 Å². The van der Waals surface area contributed by atoms with Crippen LogP contribution in [-0.4, -0.2) is 29.9 Å². The van der Waals surface area contributed by atoms with Crippen LogP contribution in [-0.2, 0) is 14.3 Å². The van der Waals surface area contributed by atoms with Crippen LogP contribution in [0, 0.1) is 0 Å². The first-order valence-electron chi connectivity index (χ1n) is 5.30. The second kappa shape index (κ2) is 4.45. The minimum absolute atomic E-state index is 0.221. The number of hydrogen-bond donors (Lipinski definition) is 0. The van der Waals surface area contributed by atoms with Crippen LogP contribution in [0.1, 0.15) is 19.8 Å². The number of rotatable bonds is 1. The summed E-state index contributed by atoms with van der Waals surface area (Å²) in [5, 5.41) is 0.299. The molecule has 4 heteroatoms. The van der Waals surface area contributed by atoms with Crippen molar-refractivity contribution >= 4 is 23.5 Å². The highest BCUT2D eigenvalue weighted by Crippen LogP contribution is 2.36. The lowest BCUT2D eigenvalue weighted by Gasteiger charge is -2.26. The van der Waals surface area contributed by atoms with Gasteiger partial charge in [0.1, 0.15) is 0 Å². The Kier molecular flexibility index (Phi) is 3.19. The van der Waals surface area contributed by atoms with Crippen molar-refractivity contribution in [3.8, 4) is 0 Å². The summed E-state index contributed by atoms with van der Waals surface area (Å²) in [5.41, 5.74) is 2.62. The molecule has 2 aliphatic rings. The zero-order valence-electron chi connectivity index (χ0n) is 9.41. The van der Waals surface area contributed by atoms with Crippen molar-refractivity contribution in [3.05, 3.63) is 22.8 Å². The van der Waals surface area contributed by atoms with E-state index in [4.69, 9.17) is 4.74 Å². The van der Waals surface area contributed by atoms with Gasteiger partial charge >= 0.3 is 5.97 Å². The number of ketones is 1. The second-order valence-electron chi connectivity index (χ2n) is 3.97. The third-order valence-electron chi connectivity index (χ3n) is 3.01. The molecule has 0 aromatic heterocycles. The Balaban J connectivity index is 2.36. The highest BCUT2D eigenvalue weighted by atomic mass is 32.2. The third-order valence-corrected chi connectivity index (χ3v) is 4.19. The van der Waals surface area contributed by atoms with E-state index in [0.717, 1.165) is 11.1 Å². The molecule has 0 bridgehead atoms. The molecule has 0 spiro atoms. The summed E-state index contributed by atoms with van der Waals surface area (Å²) in [7, 11) is 1.39. The van der Waals surface area contributed by atoms with E-state index in [1.54, 1.807) is 11.8 Å². The second-order valence-corrected chi connectivity index (χ2v) is 5.30. The standard InChI is InChI=1S/C12H14O3S/c1-7-10-5-8(12(14)15-2)3-4-9(10)11(13)6-16-7/h5,7H,3-4,6H2,1-2H3. The van der Waals surface area contributed by atoms with Crippen LogP contribution in [0.3, 0.4) is 0 Å². The zero-order chi connectivity index (χ0) is 11.7. The molecule has 1 heterocycles. The van der Waals surface area contributed by atoms with Crippen LogP contribution >= 0.6 is 11.8 Å². The Morgan fingerprint density at radius 3 is 2.94 bits per heavy atom. The highest BCUT2D eigenvalue weighted by molar-refractivity contribution is 8.00. The molecule has 1 aliphatic heterocycles. The van der Waals surface area contributed by atoms with Crippen molar-refractivity contribution in [2.75, 3.05) is 12.9 Å². The molecule has 0 aromatic carbocycles. The molecule has 0 N–H and O–H groups in total. The van der Waals surface area contributed by atoms with Crippen molar-refractivity contribution < 1.29 is 14.3 Å². The van der Waals surface area contributed by atoms with Gasteiger partial charge in [-0.3, -0.25) is 4.79 Å². The Morgan fingerprint density at radius 1 is 1.50 bits per heavy atom. The van der Waals surface area contributed by atoms with E-state index >= 15 is 0 Å². The molecular weight excluding hydrogens is 224 g/mol. The smallest absolute Gasteiger partial charge is 0.333 e. The van der Waals surface area contributed by atoms with Crippen molar-refractivity contribution in [2.24, 2.45) is 0 Å². The lowest BCUT2D eigenvalue weighted by Crippen LogP contribution is -2.23. The maximum atomic E-state index is 11.7. The number of methoxy groups -OCH3 is 1. The molecule has 0 radical (unpaired) electrons. The normalized spacial score (nSPS) is 25.0. The molecule has 1 aliphatic carbocycles. The summed E-state index contributed by atoms with van der Waals surface area (Å²) in [6, 6.07) is 0. The van der Waals surface area contributed by atoms with E-state index in [9.17, 15) is 9.59 Å². The van der Waals surface area contributed by atoms with Gasteiger partial charge in [-0.05, 0) is 31.4 Å². The van der Waals surface area contributed by atoms with Gasteiger partial charge in [0.05, 0.1) is 12.9 Å². The average Bonchev–Trinajstić information content (AvgIpc) is 2.32. The molecule has 0 aromatic rings. The third kappa shape index (κ3) is 1.94. The molecule has 1 atom stereocenters. The number of esters is 1. The maximum Gasteiger partial charge on any atom is 0.333 e. The van der Waals surface area contributed by atoms with E-state index in [1.165, 1.54) is 7.11 Å². The van der Waals surface area contributed by atoms with E-state index in [-0.39, 0.29) is 11.8 Å². The largest absolute Gasteiger partial charge is 0.466 e. The molecule has 0 saturated heterocycles. The Bertz CT molecular complexity index is 406. The van der Waals surface area contributed by atoms with Gasteiger partial charge in [-0.25, -0.2) is 4.79 Å². The van der Waals surface area contributed by atoms with E-state index in [0.29, 0.717) is 29.4 Å². The molecule has 0 amide bonds. The van der Waals surface area contributed by atoms with Crippen LogP contribution in [0.25, 0.3) is 0 Å². The molecule has 0 fully saturated rings. The average molecular weight is 238 g/mol. The fourth-order valence-corrected chi connectivity index (χ4v) is 3.05. The van der Waals surface area contributed by atoms with Crippen LogP contribution in [0.15, 0.2) is 22.8 Å². The molecule has 0 saturated carbocycles. The van der Waals surface area contributed by atoms with Gasteiger partial charge in [-0.2, -0.15) is 0 Å². The SMILES string of the molecule is COC(=O)C1=CC2=C(CC1)C(=O)CSC2C. The number of thioether (sulfide) groups is 1. The first-order valence-corrected chi connectivity index (χ1v) is 6.35. The zero-order valence-corrected chi connectivity index (χ0v) is 10.2. The fraction of sp³-hybridized carbons (Fsp3) is 0.500. The Morgan fingerprint density at radius 2 is 2.25 bits per heavy atom. The monoisotopic (exact) mass is 238 g/mol. The van der Waals surface area contributed by atoms with Crippen LogP contribution in [0.4, 0.5) is 0 Å². The predicted molar refractivity (Wildman–Crippen MR) is 63.3 cm³/mol. The van der Waals surface area contributed by atoms with Crippen LogP contribution in [0.5, 0.6) is 0 Å². The van der Waals surface area contributed by atoms with Gasteiger partial charge in [0.2, 0.25) is 0 Å². The van der Waals surface area contributed by atoms with E-state index in [1.807, 2.05) is 6.08 Å². The summed E-state index contributed by atoms with van der Waals surface area (Å²) in [5.74, 6) is 0.515. The van der Waals surface area contributed by atoms with Crippen molar-refractivity contribution in [1.82, 2.24) is 0 Å². The van der Waals surface area contributed by atoms with Gasteiger partial charge in [0.15, 0.2) is 5.78 Å². The molecule has 2 rings (SSSR count). The van der Waals surface area contributed by atoms with E-state index < -0.39 is 0 Å². The molecule has 86 valence electrons. The summed E-state index contributed by atoms with van der Waals surface area (Å²) in [6.45, 7) is 2.07. The fourth-order valence-electron chi connectivity index (χ4n) is 2.08. The quantitative estimate of drug-likeness (QED) is 0.654. The van der Waals surface area contributed by atoms with Gasteiger partial charge in [-0.1, -0.05) is 0 Å². The summed E-state index contributed by atoms with van der Waals surface area (Å²) in [6.07, 6.45) is 3.15. The summed E-state index contributed by atoms with van der Waals surface area (Å²) in [4.78, 5) is 23.1. The topological polar surface area (TPSA) is 43.4 Å². The highest BCUT2D eigenvalue weighted by Gasteiger charge is 2.29. The molecular formula is C12H14O3S. The molecule has 3 nitrogen and oxygen atoms in total. The van der Waals surface area contributed by atoms with Crippen molar-refractivity contribution in [1.29, 1.82) is 0 Å². The molecule has 1 unspecified atom stereocenters. The van der Waals surface area contributed by atoms with Crippen molar-refractivity contribution in [3.63, 3.8) is 0 Å². The Hall–Kier alpha value is -1.03.